The second kappa shape index (κ2) is 30.1. The second-order valence-electron chi connectivity index (χ2n) is 24.5. The van der Waals surface area contributed by atoms with Gasteiger partial charge in [0.05, 0.1) is 48.4 Å². The Bertz CT molecular complexity index is 3270. The number of aliphatic hydroxyl groups is 1. The van der Waals surface area contributed by atoms with Crippen LogP contribution in [0.5, 0.6) is 17.2 Å². The summed E-state index contributed by atoms with van der Waals surface area (Å²) in [7, 11) is 5.62. The molecule has 12 atom stereocenters. The molecule has 3 aromatic carbocycles. The van der Waals surface area contributed by atoms with Crippen LogP contribution in [0.15, 0.2) is 42.5 Å². The van der Waals surface area contributed by atoms with Gasteiger partial charge < -0.3 is 90.0 Å². The molecule has 3 aromatic rings. The minimum atomic E-state index is -2.46. The number of morpholine rings is 1. The number of fused-ring (bicyclic) bond motifs is 6. The van der Waals surface area contributed by atoms with E-state index in [9.17, 15) is 63.3 Å². The summed E-state index contributed by atoms with van der Waals surface area (Å²) in [4.78, 5) is 138. The maximum atomic E-state index is 14.9. The van der Waals surface area contributed by atoms with Gasteiger partial charge in [0, 0.05) is 102 Å². The van der Waals surface area contributed by atoms with Crippen LogP contribution in [0.4, 0.5) is 20.1 Å². The first kappa shape index (κ1) is 69.8. The SMILES string of the molecule is COc1cccc2c(O)c3c(c(O)c12)C(=O)C1C(C[C@@](O)(C(=O)COC(=O)N(C)CCN(C)C(=O)OCc2ccc(NC(=O)[C@H](CCCNC(N)=O)NC(=O)[C@@H](NC(=O)CCC(=O)C(C)C)C(C)C)cc2)C[C@@H]1O[C@H]1C[C@H]2[C@H](O[C@@H]4[C@@H](OC)OCCN42)[C@H](C)O1)C3=O. The molecular formula is C63H84N8O21. The van der Waals surface area contributed by atoms with Gasteiger partial charge in [-0.2, -0.15) is 0 Å². The number of urea groups is 1. The molecule has 0 aromatic heterocycles. The fourth-order valence-electron chi connectivity index (χ4n) is 12.4. The number of nitrogens with two attached hydrogens (primary N) is 1. The molecule has 4 fully saturated rings. The molecular weight excluding hydrogens is 1200 g/mol. The fraction of sp³-hybridized carbons (Fsp3) is 0.587. The van der Waals surface area contributed by atoms with Gasteiger partial charge in [-0.1, -0.05) is 52.0 Å². The van der Waals surface area contributed by atoms with Gasteiger partial charge >= 0.3 is 18.2 Å². The van der Waals surface area contributed by atoms with Crippen LogP contribution < -0.4 is 31.7 Å². The number of Topliss-reactive ketones (excluding diaryl/α,β-unsaturated/α-hetero) is 4. The van der Waals surface area contributed by atoms with E-state index in [-0.39, 0.29) is 98.5 Å². The number of carbonyl (C=O) groups excluding carboxylic acids is 10. The van der Waals surface area contributed by atoms with E-state index in [1.807, 2.05) is 0 Å². The molecule has 29 heteroatoms. The van der Waals surface area contributed by atoms with E-state index in [2.05, 4.69) is 26.2 Å². The zero-order chi connectivity index (χ0) is 67.0. The lowest BCUT2D eigenvalue weighted by Gasteiger charge is -2.48. The highest BCUT2D eigenvalue weighted by molar-refractivity contribution is 6.23. The summed E-state index contributed by atoms with van der Waals surface area (Å²) < 4.78 is 47.0. The van der Waals surface area contributed by atoms with Crippen LogP contribution in [0.25, 0.3) is 10.8 Å². The van der Waals surface area contributed by atoms with Gasteiger partial charge in [-0.05, 0) is 55.9 Å². The molecule has 3 heterocycles. The Labute approximate surface area is 531 Å². The Morgan fingerprint density at radius 3 is 2.18 bits per heavy atom. The van der Waals surface area contributed by atoms with Gasteiger partial charge in [0.2, 0.25) is 23.5 Å². The van der Waals surface area contributed by atoms with E-state index in [4.69, 9.17) is 43.6 Å². The normalized spacial score (nSPS) is 24.8. The number of benzene rings is 3. The highest BCUT2D eigenvalue weighted by atomic mass is 16.7. The van der Waals surface area contributed by atoms with E-state index in [0.29, 0.717) is 24.4 Å². The number of ketones is 4. The molecule has 0 bridgehead atoms. The number of methoxy groups -OCH3 is 2. The number of likely N-dealkylation sites (N-methyl/N-ethyl adjacent to an activating group) is 2. The lowest BCUT2D eigenvalue weighted by Crippen LogP contribution is -2.60. The van der Waals surface area contributed by atoms with Gasteiger partial charge in [-0.3, -0.25) is 38.5 Å². The topological polar surface area (TPSA) is 389 Å². The average molecular weight is 1290 g/mol. The molecule has 5 aliphatic rings. The van der Waals surface area contributed by atoms with Gasteiger partial charge in [-0.15, -0.1) is 0 Å². The number of phenols is 2. The number of ether oxygens (including phenoxy) is 8. The summed E-state index contributed by atoms with van der Waals surface area (Å²) in [6, 6.07) is 7.55. The zero-order valence-electron chi connectivity index (χ0n) is 53.1. The number of aromatic hydroxyl groups is 2. The predicted octanol–water partition coefficient (Wildman–Crippen LogP) is 3.24. The number of anilines is 1. The number of hydrogen-bond acceptors (Lipinski definition) is 22. The molecule has 1 saturated carbocycles. The highest BCUT2D eigenvalue weighted by Gasteiger charge is 2.60. The number of amides is 7. The van der Waals surface area contributed by atoms with Crippen molar-refractivity contribution in [2.45, 2.75) is 147 Å². The molecule has 92 heavy (non-hydrogen) atoms. The number of primary amides is 1. The van der Waals surface area contributed by atoms with Crippen LogP contribution in [-0.4, -0.2) is 218 Å². The molecule has 29 nitrogen and oxygen atoms in total. The van der Waals surface area contributed by atoms with Crippen molar-refractivity contribution in [3.05, 3.63) is 59.2 Å². The Balaban J connectivity index is 0.861. The Morgan fingerprint density at radius 2 is 1.53 bits per heavy atom. The van der Waals surface area contributed by atoms with E-state index in [1.54, 1.807) is 58.9 Å². The maximum absolute atomic E-state index is 14.9. The summed E-state index contributed by atoms with van der Waals surface area (Å²) in [6.45, 7) is 8.24. The van der Waals surface area contributed by atoms with Crippen LogP contribution in [-0.2, 0) is 63.7 Å². The van der Waals surface area contributed by atoms with Crippen molar-refractivity contribution in [2.75, 3.05) is 73.0 Å². The number of carbonyl (C=O) groups is 10. The molecule has 9 N–H and O–H groups in total. The lowest BCUT2D eigenvalue weighted by molar-refractivity contribution is -0.260. The van der Waals surface area contributed by atoms with Crippen LogP contribution in [0.3, 0.4) is 0 Å². The van der Waals surface area contributed by atoms with Crippen molar-refractivity contribution in [3.63, 3.8) is 0 Å². The van der Waals surface area contributed by atoms with Crippen molar-refractivity contribution in [1.82, 2.24) is 30.7 Å². The van der Waals surface area contributed by atoms with Crippen LogP contribution in [0.1, 0.15) is 106 Å². The number of phenolic OH excluding ortho intramolecular Hbond substituents is 2. The molecule has 3 aliphatic heterocycles. The van der Waals surface area contributed by atoms with Crippen molar-refractivity contribution in [2.24, 2.45) is 29.4 Å². The Morgan fingerprint density at radius 1 is 0.848 bits per heavy atom. The highest BCUT2D eigenvalue weighted by Crippen LogP contribution is 2.53. The van der Waals surface area contributed by atoms with Gasteiger partial charge in [0.1, 0.15) is 53.4 Å². The summed E-state index contributed by atoms with van der Waals surface area (Å²) >= 11 is 0. The smallest absolute Gasteiger partial charge is 0.409 e. The average Bonchev–Trinajstić information content (AvgIpc) is 0.843. The third-order valence-corrected chi connectivity index (χ3v) is 17.6. The van der Waals surface area contributed by atoms with Crippen molar-refractivity contribution >= 4 is 75.5 Å². The molecule has 2 unspecified atom stereocenters. The summed E-state index contributed by atoms with van der Waals surface area (Å²) in [5.41, 5.74) is 2.62. The first-order chi connectivity index (χ1) is 43.7. The number of rotatable bonds is 26. The number of nitrogens with one attached hydrogen (secondary N) is 4. The quantitative estimate of drug-likeness (QED) is 0.0422. The fourth-order valence-corrected chi connectivity index (χ4v) is 12.4. The van der Waals surface area contributed by atoms with Crippen LogP contribution >= 0.6 is 0 Å². The monoisotopic (exact) mass is 1290 g/mol. The number of hydrogen-bond donors (Lipinski definition) is 8. The predicted molar refractivity (Wildman–Crippen MR) is 325 cm³/mol. The first-order valence-electron chi connectivity index (χ1n) is 30.7. The van der Waals surface area contributed by atoms with Crippen LogP contribution in [0, 0.1) is 23.7 Å². The van der Waals surface area contributed by atoms with Crippen molar-refractivity contribution < 1.29 is 101 Å². The molecule has 3 saturated heterocycles. The lowest BCUT2D eigenvalue weighted by atomic mass is 9.60. The van der Waals surface area contributed by atoms with Gasteiger partial charge in [-0.25, -0.2) is 14.4 Å². The van der Waals surface area contributed by atoms with E-state index in [1.165, 1.54) is 51.4 Å². The standard InChI is InChI=1S/C63H84N8O21/c1-31(2)40(72)19-20-44(74)68-50(32(3)4)57(80)67-38(13-11-21-65-60(64)81)56(79)66-35-17-15-34(16-18-35)29-88-61(82)69(6)22-23-70(7)62(83)89-30-43(73)63(84)27-37-47(54(78)49-48(52(37)76)51(75)36-12-10-14-41(85-8)46(36)53(49)77)42(28-63)91-45-26-39-55(33(5)90-45)92-58-59(86-9)87-25-24-71(39)58/h10,12,14-18,31-33,37-39,42,45,47,50,55,58-59,75,77,84H,11,13,19-30H2,1-9H3,(H,66,79)(H,67,80)(H,68,74)(H3,64,65,81)/t33-,37?,38-,39-,42-,45-,47?,50-,55+,58+,59-,63-/m0/s1. The third-order valence-electron chi connectivity index (χ3n) is 17.6. The minimum absolute atomic E-state index is 0.0104. The third kappa shape index (κ3) is 15.7. The maximum Gasteiger partial charge on any atom is 0.409 e. The van der Waals surface area contributed by atoms with Crippen molar-refractivity contribution in [3.8, 4) is 17.2 Å². The van der Waals surface area contributed by atoms with Gasteiger partial charge in [0.25, 0.3) is 0 Å². The number of nitrogens with zero attached hydrogens (tertiary/aromatic N) is 3. The molecule has 8 rings (SSSR count). The zero-order valence-corrected chi connectivity index (χ0v) is 53.1. The molecule has 0 radical (unpaired) electrons. The summed E-state index contributed by atoms with van der Waals surface area (Å²) in [6.07, 6.45) is -7.35. The second-order valence-corrected chi connectivity index (χ2v) is 24.5. The molecule has 502 valence electrons. The Kier molecular flexibility index (Phi) is 22.9. The molecule has 7 amide bonds. The Hall–Kier alpha value is -8.06. The first-order valence-corrected chi connectivity index (χ1v) is 30.7. The van der Waals surface area contributed by atoms with Gasteiger partial charge in [0.15, 0.2) is 37.0 Å². The molecule has 0 spiro atoms. The van der Waals surface area contributed by atoms with E-state index in [0.717, 1.165) is 4.90 Å². The largest absolute Gasteiger partial charge is 0.507 e. The van der Waals surface area contributed by atoms with Crippen molar-refractivity contribution in [1.29, 1.82) is 0 Å². The van der Waals surface area contributed by atoms with E-state index < -0.39 is 162 Å². The minimum Gasteiger partial charge on any atom is -0.507 e. The summed E-state index contributed by atoms with van der Waals surface area (Å²) in [5, 5.41) is 46.4. The summed E-state index contributed by atoms with van der Waals surface area (Å²) in [5.74, 6) is -9.13. The van der Waals surface area contributed by atoms with Crippen LogP contribution in [0.2, 0.25) is 0 Å². The van der Waals surface area contributed by atoms with E-state index >= 15 is 0 Å². The molecule has 2 aliphatic carbocycles.